The van der Waals surface area contributed by atoms with Crippen molar-refractivity contribution in [1.29, 1.82) is 0 Å². The van der Waals surface area contributed by atoms with Gasteiger partial charge in [0.25, 0.3) is 0 Å². The molecule has 0 saturated carbocycles. The van der Waals surface area contributed by atoms with Gasteiger partial charge in [-0.3, -0.25) is 0 Å². The van der Waals surface area contributed by atoms with E-state index in [-0.39, 0.29) is 0 Å². The maximum Gasteiger partial charge on any atom is 0.330 e. The first kappa shape index (κ1) is 9.07. The minimum atomic E-state index is -0.931. The third kappa shape index (κ3) is 4.00. The van der Waals surface area contributed by atoms with E-state index in [1.807, 2.05) is 6.92 Å². The fraction of sp³-hybridized carbons (Fsp3) is 0.833. The van der Waals surface area contributed by atoms with E-state index in [1.165, 1.54) is 6.92 Å². The van der Waals surface area contributed by atoms with Gasteiger partial charge in [-0.05, 0) is 13.3 Å². The van der Waals surface area contributed by atoms with Crippen LogP contribution in [0.3, 0.4) is 0 Å². The summed E-state index contributed by atoms with van der Waals surface area (Å²) < 4.78 is 0. The summed E-state index contributed by atoms with van der Waals surface area (Å²) >= 11 is 0. The Labute approximate surface area is 60.0 Å². The number of aliphatic carboxylic acids is 1. The van der Waals surface area contributed by atoms with E-state index >= 15 is 0 Å². The molecule has 0 fully saturated rings. The molecule has 0 spiro atoms. The van der Waals surface area contributed by atoms with Crippen molar-refractivity contribution in [2.45, 2.75) is 26.3 Å². The van der Waals surface area contributed by atoms with Crippen LogP contribution in [0.4, 0.5) is 0 Å². The molecule has 1 N–H and O–H groups in total. The summed E-state index contributed by atoms with van der Waals surface area (Å²) in [5, 5.41) is 15.5. The molecule has 0 aliphatic carbocycles. The predicted octanol–water partition coefficient (Wildman–Crippen LogP) is 1.32. The van der Waals surface area contributed by atoms with Gasteiger partial charge < -0.3 is 5.11 Å². The molecular formula is C6H12N2O2. The van der Waals surface area contributed by atoms with Gasteiger partial charge in [0.2, 0.25) is 0 Å². The first-order valence-corrected chi connectivity index (χ1v) is 3.28. The van der Waals surface area contributed by atoms with Gasteiger partial charge in [-0.2, -0.15) is 10.2 Å². The van der Waals surface area contributed by atoms with Crippen LogP contribution >= 0.6 is 0 Å². The molecule has 0 aliphatic heterocycles. The van der Waals surface area contributed by atoms with Crippen LogP contribution in [-0.4, -0.2) is 23.7 Å². The molecule has 0 heterocycles. The molecule has 4 nitrogen and oxygen atoms in total. The van der Waals surface area contributed by atoms with Gasteiger partial charge in [-0.25, -0.2) is 4.79 Å². The highest BCUT2D eigenvalue weighted by Crippen LogP contribution is 1.90. The Morgan fingerprint density at radius 2 is 2.30 bits per heavy atom. The normalized spacial score (nSPS) is 13.8. The van der Waals surface area contributed by atoms with Crippen molar-refractivity contribution in [3.63, 3.8) is 0 Å². The predicted molar refractivity (Wildman–Crippen MR) is 37.1 cm³/mol. The van der Waals surface area contributed by atoms with Gasteiger partial charge in [0, 0.05) is 0 Å². The zero-order valence-electron chi connectivity index (χ0n) is 6.24. The van der Waals surface area contributed by atoms with Crippen molar-refractivity contribution in [3.8, 4) is 0 Å². The molecule has 0 amide bonds. The molecule has 0 rings (SSSR count). The molecule has 10 heavy (non-hydrogen) atoms. The highest BCUT2D eigenvalue weighted by Gasteiger charge is 2.06. The van der Waals surface area contributed by atoms with E-state index < -0.39 is 12.0 Å². The van der Waals surface area contributed by atoms with E-state index in [0.29, 0.717) is 6.54 Å². The average molecular weight is 144 g/mol. The van der Waals surface area contributed by atoms with E-state index in [9.17, 15) is 4.79 Å². The van der Waals surface area contributed by atoms with E-state index in [2.05, 4.69) is 10.2 Å². The fourth-order valence-electron chi connectivity index (χ4n) is 0.330. The van der Waals surface area contributed by atoms with Crippen molar-refractivity contribution >= 4 is 5.97 Å². The van der Waals surface area contributed by atoms with E-state index in [4.69, 9.17) is 5.11 Å². The van der Waals surface area contributed by atoms with E-state index in [1.54, 1.807) is 0 Å². The number of nitrogens with zero attached hydrogens (tertiary/aromatic N) is 2. The molecule has 0 aromatic rings. The highest BCUT2D eigenvalue weighted by atomic mass is 16.4. The summed E-state index contributed by atoms with van der Waals surface area (Å²) in [5.74, 6) is -0.931. The van der Waals surface area contributed by atoms with Gasteiger partial charge in [0.05, 0.1) is 6.54 Å². The van der Waals surface area contributed by atoms with Crippen molar-refractivity contribution in [2.75, 3.05) is 6.54 Å². The smallest absolute Gasteiger partial charge is 0.330 e. The van der Waals surface area contributed by atoms with Crippen LogP contribution in [0.15, 0.2) is 10.2 Å². The van der Waals surface area contributed by atoms with Crippen LogP contribution < -0.4 is 0 Å². The Bertz CT molecular complexity index is 134. The second-order valence-electron chi connectivity index (χ2n) is 1.99. The van der Waals surface area contributed by atoms with Crippen LogP contribution in [0.5, 0.6) is 0 Å². The third-order valence-corrected chi connectivity index (χ3v) is 0.936. The second-order valence-corrected chi connectivity index (χ2v) is 1.99. The third-order valence-electron chi connectivity index (χ3n) is 0.936. The van der Waals surface area contributed by atoms with Crippen LogP contribution in [0, 0.1) is 0 Å². The van der Waals surface area contributed by atoms with Crippen molar-refractivity contribution < 1.29 is 9.90 Å². The number of carboxylic acid groups (broad SMARTS) is 1. The lowest BCUT2D eigenvalue weighted by molar-refractivity contribution is -0.138. The van der Waals surface area contributed by atoms with Gasteiger partial charge in [-0.15, -0.1) is 0 Å². The van der Waals surface area contributed by atoms with Gasteiger partial charge in [0.15, 0.2) is 6.04 Å². The second kappa shape index (κ2) is 4.90. The largest absolute Gasteiger partial charge is 0.480 e. The molecule has 58 valence electrons. The number of carbonyl (C=O) groups is 1. The lowest BCUT2D eigenvalue weighted by atomic mass is 10.4. The Morgan fingerprint density at radius 3 is 2.70 bits per heavy atom. The number of azo groups is 1. The fourth-order valence-corrected chi connectivity index (χ4v) is 0.330. The zero-order valence-corrected chi connectivity index (χ0v) is 6.24. The number of carboxylic acids is 1. The number of hydrogen-bond acceptors (Lipinski definition) is 3. The van der Waals surface area contributed by atoms with Crippen molar-refractivity contribution in [3.05, 3.63) is 0 Å². The van der Waals surface area contributed by atoms with Gasteiger partial charge in [0.1, 0.15) is 0 Å². The minimum Gasteiger partial charge on any atom is -0.480 e. The first-order valence-electron chi connectivity index (χ1n) is 3.28. The standard InChI is InChI=1S/C6H12N2O2/c1-3-4-7-8-5(2)6(9)10/h5H,3-4H2,1-2H3,(H,9,10). The molecule has 0 bridgehead atoms. The zero-order chi connectivity index (χ0) is 7.98. The summed E-state index contributed by atoms with van der Waals surface area (Å²) in [4.78, 5) is 10.1. The lowest BCUT2D eigenvalue weighted by Gasteiger charge is -1.94. The van der Waals surface area contributed by atoms with Crippen LogP contribution in [-0.2, 0) is 4.79 Å². The molecular weight excluding hydrogens is 132 g/mol. The Hall–Kier alpha value is -0.930. The van der Waals surface area contributed by atoms with Gasteiger partial charge >= 0.3 is 5.97 Å². The minimum absolute atomic E-state index is 0.609. The topological polar surface area (TPSA) is 62.0 Å². The lowest BCUT2D eigenvalue weighted by Crippen LogP contribution is -2.12. The quantitative estimate of drug-likeness (QED) is 0.605. The number of hydrogen-bond donors (Lipinski definition) is 1. The Kier molecular flexibility index (Phi) is 4.45. The molecule has 0 aromatic heterocycles. The summed E-state index contributed by atoms with van der Waals surface area (Å²) in [6.07, 6.45) is 0.899. The van der Waals surface area contributed by atoms with E-state index in [0.717, 1.165) is 6.42 Å². The highest BCUT2D eigenvalue weighted by molar-refractivity contribution is 5.72. The van der Waals surface area contributed by atoms with Crippen LogP contribution in [0.25, 0.3) is 0 Å². The summed E-state index contributed by atoms with van der Waals surface area (Å²) in [5.41, 5.74) is 0. The van der Waals surface area contributed by atoms with Gasteiger partial charge in [-0.1, -0.05) is 6.92 Å². The van der Waals surface area contributed by atoms with Crippen LogP contribution in [0.2, 0.25) is 0 Å². The molecule has 1 unspecified atom stereocenters. The van der Waals surface area contributed by atoms with Crippen molar-refractivity contribution in [2.24, 2.45) is 10.2 Å². The molecule has 0 aromatic carbocycles. The van der Waals surface area contributed by atoms with Crippen LogP contribution in [0.1, 0.15) is 20.3 Å². The molecule has 0 radical (unpaired) electrons. The molecule has 0 aliphatic rings. The molecule has 4 heteroatoms. The number of rotatable bonds is 4. The summed E-state index contributed by atoms with van der Waals surface area (Å²) in [6, 6.07) is -0.702. The first-order chi connectivity index (χ1) is 4.68. The SMILES string of the molecule is CCCN=NC(C)C(=O)O. The summed E-state index contributed by atoms with van der Waals surface area (Å²) in [6.45, 7) is 4.07. The molecule has 1 atom stereocenters. The Balaban J connectivity index is 3.55. The molecule has 0 saturated heterocycles. The Morgan fingerprint density at radius 1 is 1.70 bits per heavy atom. The van der Waals surface area contributed by atoms with Crippen molar-refractivity contribution in [1.82, 2.24) is 0 Å². The summed E-state index contributed by atoms with van der Waals surface area (Å²) in [7, 11) is 0. The maximum absolute atomic E-state index is 10.1. The monoisotopic (exact) mass is 144 g/mol. The average Bonchev–Trinajstić information content (AvgIpc) is 1.88. The maximum atomic E-state index is 10.1.